The van der Waals surface area contributed by atoms with E-state index < -0.39 is 0 Å². The quantitative estimate of drug-likeness (QED) is 0.196. The number of hydrogen-bond donors (Lipinski definition) is 0. The molecule has 1 unspecified atom stereocenters. The molecule has 0 saturated carbocycles. The monoisotopic (exact) mass is 451 g/mol. The lowest BCUT2D eigenvalue weighted by atomic mass is 9.99. The van der Waals surface area contributed by atoms with Gasteiger partial charge >= 0.3 is 0 Å². The zero-order valence-corrected chi connectivity index (χ0v) is 20.4. The molecule has 34 heavy (non-hydrogen) atoms. The summed E-state index contributed by atoms with van der Waals surface area (Å²) in [5.41, 5.74) is 6.78. The predicted octanol–water partition coefficient (Wildman–Crippen LogP) is 6.23. The Kier molecular flexibility index (Phi) is 9.20. The van der Waals surface area contributed by atoms with Gasteiger partial charge in [0.05, 0.1) is 23.7 Å². The highest BCUT2D eigenvalue weighted by atomic mass is 16.5. The first-order valence-electron chi connectivity index (χ1n) is 11.7. The molecule has 4 heteroatoms. The van der Waals surface area contributed by atoms with Crippen LogP contribution in [-0.4, -0.2) is 42.4 Å². The van der Waals surface area contributed by atoms with Gasteiger partial charge in [-0.2, -0.15) is 0 Å². The summed E-state index contributed by atoms with van der Waals surface area (Å²) in [6.45, 7) is 10.3. The van der Waals surface area contributed by atoms with Crippen molar-refractivity contribution in [2.45, 2.75) is 20.3 Å². The lowest BCUT2D eigenvalue weighted by Gasteiger charge is -2.12. The summed E-state index contributed by atoms with van der Waals surface area (Å²) < 4.78 is 5.54. The van der Waals surface area contributed by atoms with E-state index in [0.29, 0.717) is 12.5 Å². The van der Waals surface area contributed by atoms with E-state index in [1.807, 2.05) is 51.4 Å². The number of ether oxygens (including phenoxy) is 1. The van der Waals surface area contributed by atoms with Gasteiger partial charge in [0, 0.05) is 49.5 Å². The molecule has 1 aliphatic heterocycles. The Labute approximate surface area is 204 Å². The number of nitrogens with zero attached hydrogens (tertiary/aromatic N) is 3. The van der Waals surface area contributed by atoms with Crippen molar-refractivity contribution in [3.8, 4) is 23.7 Å². The number of pyridine rings is 1. The number of terminal acetylenes is 1. The highest BCUT2D eigenvalue weighted by Gasteiger charge is 2.14. The van der Waals surface area contributed by atoms with Crippen LogP contribution < -0.4 is 0 Å². The summed E-state index contributed by atoms with van der Waals surface area (Å²) in [6, 6.07) is 15.0. The number of aromatic nitrogens is 1. The summed E-state index contributed by atoms with van der Waals surface area (Å²) >= 11 is 0. The van der Waals surface area contributed by atoms with E-state index in [-0.39, 0.29) is 0 Å². The molecule has 1 aliphatic rings. The molecule has 1 atom stereocenters. The van der Waals surface area contributed by atoms with Crippen molar-refractivity contribution in [1.82, 2.24) is 9.88 Å². The minimum absolute atomic E-state index is 0.420. The van der Waals surface area contributed by atoms with Gasteiger partial charge in [-0.05, 0) is 61.8 Å². The standard InChI is InChI=1S/C30H33N3O/c1-6-11-29(31-8-3)27-15-17-28(32-30(27)16-14-23-18-19-34-22-23)26-13-10-12-25(20-26)24(7-2)21-33(5)9-4/h4,6-7,10-17,20-21,23H,2,8,18-19,22H2,1,3,5H3/b11-6-,16-14+,24-21+,31-29+. The summed E-state index contributed by atoms with van der Waals surface area (Å²) in [5, 5.41) is 0. The molecule has 0 amide bonds. The Balaban J connectivity index is 2.06. The van der Waals surface area contributed by atoms with Gasteiger partial charge in [-0.3, -0.25) is 4.99 Å². The van der Waals surface area contributed by atoms with Crippen molar-refractivity contribution in [3.05, 3.63) is 90.3 Å². The van der Waals surface area contributed by atoms with Gasteiger partial charge in [0.2, 0.25) is 0 Å². The van der Waals surface area contributed by atoms with E-state index in [4.69, 9.17) is 21.1 Å². The molecule has 0 bridgehead atoms. The van der Waals surface area contributed by atoms with Gasteiger partial charge < -0.3 is 9.64 Å². The van der Waals surface area contributed by atoms with Crippen molar-refractivity contribution < 1.29 is 4.74 Å². The third-order valence-corrected chi connectivity index (χ3v) is 5.59. The third-order valence-electron chi connectivity index (χ3n) is 5.59. The second-order valence-corrected chi connectivity index (χ2v) is 8.08. The zero-order chi connectivity index (χ0) is 24.3. The average molecular weight is 452 g/mol. The first-order chi connectivity index (χ1) is 16.6. The maximum Gasteiger partial charge on any atom is 0.0728 e. The maximum absolute atomic E-state index is 5.54. The van der Waals surface area contributed by atoms with Crippen LogP contribution >= 0.6 is 0 Å². The molecule has 0 spiro atoms. The van der Waals surface area contributed by atoms with Crippen LogP contribution in [-0.2, 0) is 4.74 Å². The molecule has 0 radical (unpaired) electrons. The van der Waals surface area contributed by atoms with Gasteiger partial charge in [-0.25, -0.2) is 4.98 Å². The minimum atomic E-state index is 0.420. The Hall–Kier alpha value is -3.68. The van der Waals surface area contributed by atoms with E-state index in [2.05, 4.69) is 55.1 Å². The molecule has 1 saturated heterocycles. The zero-order valence-electron chi connectivity index (χ0n) is 20.4. The molecule has 1 aromatic carbocycles. The lowest BCUT2D eigenvalue weighted by molar-refractivity contribution is 0.191. The minimum Gasteiger partial charge on any atom is -0.381 e. The molecule has 3 rings (SSSR count). The van der Waals surface area contributed by atoms with Crippen LogP contribution in [0.15, 0.2) is 78.5 Å². The normalized spacial score (nSPS) is 16.8. The lowest BCUT2D eigenvalue weighted by Crippen LogP contribution is -2.04. The Morgan fingerprint density at radius 2 is 2.21 bits per heavy atom. The van der Waals surface area contributed by atoms with Gasteiger partial charge in [-0.15, -0.1) is 0 Å². The topological polar surface area (TPSA) is 37.7 Å². The van der Waals surface area contributed by atoms with Gasteiger partial charge in [0.1, 0.15) is 0 Å². The second-order valence-electron chi connectivity index (χ2n) is 8.08. The van der Waals surface area contributed by atoms with Crippen LogP contribution in [0.4, 0.5) is 0 Å². The average Bonchev–Trinajstić information content (AvgIpc) is 3.39. The number of benzene rings is 1. The van der Waals surface area contributed by atoms with Gasteiger partial charge in [-0.1, -0.05) is 49.4 Å². The molecule has 2 aromatic rings. The molecule has 0 N–H and O–H groups in total. The number of rotatable bonds is 9. The SMILES string of the molecule is C#CN(C)/C=C(\C=C)c1cccc(-c2ccc(C(/C=C\C)=N/CC)c(/C=C/C3CCOC3)n2)c1. The first-order valence-corrected chi connectivity index (χ1v) is 11.7. The van der Waals surface area contributed by atoms with Gasteiger partial charge in [0.25, 0.3) is 0 Å². The fraction of sp³-hybridized carbons (Fsp3) is 0.267. The van der Waals surface area contributed by atoms with Crippen molar-refractivity contribution in [3.63, 3.8) is 0 Å². The number of aliphatic imine (C=N–C) groups is 1. The molecular weight excluding hydrogens is 418 g/mol. The molecule has 1 fully saturated rings. The molecular formula is C30H33N3O. The van der Waals surface area contributed by atoms with Crippen LogP contribution in [0.3, 0.4) is 0 Å². The maximum atomic E-state index is 5.54. The van der Waals surface area contributed by atoms with E-state index in [0.717, 1.165) is 59.0 Å². The van der Waals surface area contributed by atoms with Crippen LogP contribution in [0.25, 0.3) is 22.9 Å². The van der Waals surface area contributed by atoms with E-state index in [1.165, 1.54) is 0 Å². The van der Waals surface area contributed by atoms with Crippen molar-refractivity contribution in [1.29, 1.82) is 0 Å². The molecule has 4 nitrogen and oxygen atoms in total. The smallest absolute Gasteiger partial charge is 0.0728 e. The second kappa shape index (κ2) is 12.5. The summed E-state index contributed by atoms with van der Waals surface area (Å²) in [4.78, 5) is 11.4. The Bertz CT molecular complexity index is 1160. The van der Waals surface area contributed by atoms with E-state index >= 15 is 0 Å². The highest BCUT2D eigenvalue weighted by Crippen LogP contribution is 2.26. The molecule has 2 heterocycles. The van der Waals surface area contributed by atoms with Crippen molar-refractivity contribution in [2.75, 3.05) is 26.8 Å². The number of hydrogen-bond acceptors (Lipinski definition) is 4. The van der Waals surface area contributed by atoms with Crippen molar-refractivity contribution in [2.24, 2.45) is 10.9 Å². The Morgan fingerprint density at radius 1 is 1.35 bits per heavy atom. The molecule has 1 aromatic heterocycles. The van der Waals surface area contributed by atoms with Crippen LogP contribution in [0.5, 0.6) is 0 Å². The van der Waals surface area contributed by atoms with E-state index in [1.54, 1.807) is 4.90 Å². The van der Waals surface area contributed by atoms with Gasteiger partial charge in [0.15, 0.2) is 0 Å². The van der Waals surface area contributed by atoms with Crippen LogP contribution in [0, 0.1) is 18.4 Å². The Morgan fingerprint density at radius 3 is 2.88 bits per heavy atom. The van der Waals surface area contributed by atoms with Crippen LogP contribution in [0.2, 0.25) is 0 Å². The summed E-state index contributed by atoms with van der Waals surface area (Å²) in [7, 11) is 1.84. The first kappa shape index (κ1) is 25.0. The molecule has 174 valence electrons. The largest absolute Gasteiger partial charge is 0.381 e. The van der Waals surface area contributed by atoms with Crippen molar-refractivity contribution >= 4 is 17.4 Å². The van der Waals surface area contributed by atoms with E-state index in [9.17, 15) is 0 Å². The summed E-state index contributed by atoms with van der Waals surface area (Å²) in [5.74, 6) is 0.420. The number of allylic oxidation sites excluding steroid dienone is 4. The molecule has 0 aliphatic carbocycles. The van der Waals surface area contributed by atoms with Crippen LogP contribution in [0.1, 0.15) is 37.1 Å². The third kappa shape index (κ3) is 6.43. The fourth-order valence-electron chi connectivity index (χ4n) is 3.82. The highest BCUT2D eigenvalue weighted by molar-refractivity contribution is 6.10. The fourth-order valence-corrected chi connectivity index (χ4v) is 3.82. The summed E-state index contributed by atoms with van der Waals surface area (Å²) in [6.07, 6.45) is 18.6. The predicted molar refractivity (Wildman–Crippen MR) is 144 cm³/mol.